The van der Waals surface area contributed by atoms with Gasteiger partial charge in [-0.3, -0.25) is 4.90 Å². The lowest BCUT2D eigenvalue weighted by atomic mass is 9.96. The number of nitrogens with zero attached hydrogens (tertiary/aromatic N) is 1. The lowest BCUT2D eigenvalue weighted by molar-refractivity contribution is -0.138. The minimum atomic E-state index is -4.76. The SMILES string of the molecule is CC(C)N1CC2C=C(c3c(F)cc(C(F)(F)F)cc3F)C1C2. The number of hydrogen-bond donors (Lipinski definition) is 0. The molecule has 1 aliphatic carbocycles. The molecule has 0 N–H and O–H groups in total. The molecule has 2 aliphatic rings. The second-order valence-electron chi connectivity index (χ2n) is 6.24. The Labute approximate surface area is 125 Å². The van der Waals surface area contributed by atoms with E-state index in [9.17, 15) is 22.0 Å². The number of halogens is 5. The van der Waals surface area contributed by atoms with Gasteiger partial charge in [0.15, 0.2) is 0 Å². The quantitative estimate of drug-likeness (QED) is 0.727. The molecule has 1 fully saturated rings. The zero-order valence-electron chi connectivity index (χ0n) is 12.2. The molecule has 0 amide bonds. The van der Waals surface area contributed by atoms with E-state index in [1.807, 2.05) is 13.8 Å². The van der Waals surface area contributed by atoms with Crippen LogP contribution in [0.15, 0.2) is 18.2 Å². The van der Waals surface area contributed by atoms with E-state index in [1.165, 1.54) is 0 Å². The third kappa shape index (κ3) is 2.43. The monoisotopic (exact) mass is 317 g/mol. The minimum Gasteiger partial charge on any atom is -0.293 e. The van der Waals surface area contributed by atoms with Gasteiger partial charge < -0.3 is 0 Å². The highest BCUT2D eigenvalue weighted by molar-refractivity contribution is 5.74. The van der Waals surface area contributed by atoms with Crippen molar-refractivity contribution >= 4 is 5.57 Å². The van der Waals surface area contributed by atoms with Crippen molar-refractivity contribution in [2.45, 2.75) is 38.5 Å². The van der Waals surface area contributed by atoms with Crippen molar-refractivity contribution in [3.8, 4) is 0 Å². The summed E-state index contributed by atoms with van der Waals surface area (Å²) >= 11 is 0. The Morgan fingerprint density at radius 2 is 1.73 bits per heavy atom. The first kappa shape index (κ1) is 15.5. The number of fused-ring (bicyclic) bond motifs is 2. The summed E-state index contributed by atoms with van der Waals surface area (Å²) in [6.07, 6.45) is -2.18. The maximum Gasteiger partial charge on any atom is 0.416 e. The Kier molecular flexibility index (Phi) is 3.55. The molecule has 120 valence electrons. The van der Waals surface area contributed by atoms with Crippen LogP contribution in [0.4, 0.5) is 22.0 Å². The fraction of sp³-hybridized carbons (Fsp3) is 0.500. The van der Waals surface area contributed by atoms with Gasteiger partial charge in [0.05, 0.1) is 11.1 Å². The van der Waals surface area contributed by atoms with Crippen LogP contribution in [-0.4, -0.2) is 23.5 Å². The van der Waals surface area contributed by atoms with Crippen molar-refractivity contribution in [1.82, 2.24) is 4.90 Å². The van der Waals surface area contributed by atoms with E-state index in [0.29, 0.717) is 17.7 Å². The Morgan fingerprint density at radius 3 is 2.18 bits per heavy atom. The summed E-state index contributed by atoms with van der Waals surface area (Å²) in [5.74, 6) is -2.08. The van der Waals surface area contributed by atoms with Gasteiger partial charge in [0.2, 0.25) is 0 Å². The summed E-state index contributed by atoms with van der Waals surface area (Å²) in [4.78, 5) is 2.14. The van der Waals surface area contributed by atoms with Gasteiger partial charge in [-0.05, 0) is 43.9 Å². The molecule has 0 radical (unpaired) electrons. The highest BCUT2D eigenvalue weighted by atomic mass is 19.4. The van der Waals surface area contributed by atoms with Crippen LogP contribution in [0.25, 0.3) is 5.57 Å². The predicted octanol–water partition coefficient (Wildman–Crippen LogP) is 4.48. The number of rotatable bonds is 2. The maximum atomic E-state index is 14.1. The predicted molar refractivity (Wildman–Crippen MR) is 73.1 cm³/mol. The molecule has 3 rings (SSSR count). The third-order valence-corrected chi connectivity index (χ3v) is 4.47. The second-order valence-corrected chi connectivity index (χ2v) is 6.24. The van der Waals surface area contributed by atoms with Gasteiger partial charge in [-0.1, -0.05) is 6.08 Å². The van der Waals surface area contributed by atoms with E-state index in [2.05, 4.69) is 4.90 Å². The van der Waals surface area contributed by atoms with Gasteiger partial charge in [-0.15, -0.1) is 0 Å². The molecule has 0 spiro atoms. The van der Waals surface area contributed by atoms with Gasteiger partial charge >= 0.3 is 6.18 Å². The summed E-state index contributed by atoms with van der Waals surface area (Å²) in [5, 5.41) is 0. The molecule has 2 bridgehead atoms. The first-order chi connectivity index (χ1) is 10.2. The normalized spacial score (nSPS) is 25.2. The van der Waals surface area contributed by atoms with Gasteiger partial charge in [0.1, 0.15) is 11.6 Å². The minimum absolute atomic E-state index is 0.120. The van der Waals surface area contributed by atoms with E-state index < -0.39 is 23.4 Å². The van der Waals surface area contributed by atoms with Gasteiger partial charge in [-0.2, -0.15) is 13.2 Å². The summed E-state index contributed by atoms with van der Waals surface area (Å²) in [7, 11) is 0. The number of likely N-dealkylation sites (tertiary alicyclic amines) is 1. The fourth-order valence-corrected chi connectivity index (χ4v) is 3.52. The smallest absolute Gasteiger partial charge is 0.293 e. The number of alkyl halides is 3. The molecular weight excluding hydrogens is 301 g/mol. The van der Waals surface area contributed by atoms with E-state index in [0.717, 1.165) is 13.0 Å². The molecule has 1 aromatic carbocycles. The largest absolute Gasteiger partial charge is 0.416 e. The van der Waals surface area contributed by atoms with E-state index in [1.54, 1.807) is 6.08 Å². The lowest BCUT2D eigenvalue weighted by Gasteiger charge is -2.32. The van der Waals surface area contributed by atoms with Crippen molar-refractivity contribution in [2.75, 3.05) is 6.54 Å². The van der Waals surface area contributed by atoms with Crippen LogP contribution in [0.3, 0.4) is 0 Å². The molecule has 1 aromatic rings. The molecule has 1 saturated heterocycles. The van der Waals surface area contributed by atoms with E-state index in [-0.39, 0.29) is 23.6 Å². The summed E-state index contributed by atoms with van der Waals surface area (Å²) in [6.45, 7) is 4.82. The van der Waals surface area contributed by atoms with Crippen molar-refractivity contribution < 1.29 is 22.0 Å². The molecular formula is C16H16F5N. The van der Waals surface area contributed by atoms with Crippen LogP contribution in [0.5, 0.6) is 0 Å². The van der Waals surface area contributed by atoms with Gasteiger partial charge in [-0.25, -0.2) is 8.78 Å². The standard InChI is InChI=1S/C16H16F5N/c1-8(2)22-7-9-3-11(14(22)4-9)15-12(17)5-10(6-13(15)18)16(19,20)21/h3,5-6,8-9,14H,4,7H2,1-2H3. The van der Waals surface area contributed by atoms with Gasteiger partial charge in [0.25, 0.3) is 0 Å². The molecule has 1 nitrogen and oxygen atoms in total. The molecule has 0 aromatic heterocycles. The molecule has 1 aliphatic heterocycles. The molecule has 6 heteroatoms. The van der Waals surface area contributed by atoms with Crippen LogP contribution < -0.4 is 0 Å². The Balaban J connectivity index is 2.02. The van der Waals surface area contributed by atoms with Crippen LogP contribution in [0.1, 0.15) is 31.4 Å². The molecule has 0 saturated carbocycles. The highest BCUT2D eigenvalue weighted by Crippen LogP contribution is 2.44. The van der Waals surface area contributed by atoms with Crippen LogP contribution in [-0.2, 0) is 6.18 Å². The topological polar surface area (TPSA) is 3.24 Å². The summed E-state index contributed by atoms with van der Waals surface area (Å²) < 4.78 is 66.1. The van der Waals surface area contributed by atoms with Gasteiger partial charge in [0, 0.05) is 18.6 Å². The number of hydrogen-bond acceptors (Lipinski definition) is 1. The Bertz CT molecular complexity index is 609. The van der Waals surface area contributed by atoms with Crippen molar-refractivity contribution in [1.29, 1.82) is 0 Å². The average molecular weight is 317 g/mol. The summed E-state index contributed by atoms with van der Waals surface area (Å²) in [6, 6.07) is 0.862. The highest BCUT2D eigenvalue weighted by Gasteiger charge is 2.42. The van der Waals surface area contributed by atoms with Crippen molar-refractivity contribution in [3.05, 3.63) is 41.0 Å². The van der Waals surface area contributed by atoms with Crippen LogP contribution >= 0.6 is 0 Å². The second kappa shape index (κ2) is 5.05. The maximum absolute atomic E-state index is 14.1. The zero-order chi connectivity index (χ0) is 16.2. The first-order valence-corrected chi connectivity index (χ1v) is 7.22. The van der Waals surface area contributed by atoms with Crippen LogP contribution in [0, 0.1) is 17.6 Å². The lowest BCUT2D eigenvalue weighted by Crippen LogP contribution is -2.38. The van der Waals surface area contributed by atoms with Crippen LogP contribution in [0.2, 0.25) is 0 Å². The van der Waals surface area contributed by atoms with Crippen molar-refractivity contribution in [3.63, 3.8) is 0 Å². The average Bonchev–Trinajstić information content (AvgIpc) is 2.96. The van der Waals surface area contributed by atoms with Crippen molar-refractivity contribution in [2.24, 2.45) is 5.92 Å². The molecule has 2 atom stereocenters. The summed E-state index contributed by atoms with van der Waals surface area (Å²) in [5.41, 5.74) is -1.13. The van der Waals surface area contributed by atoms with E-state index in [4.69, 9.17) is 0 Å². The molecule has 1 heterocycles. The number of benzene rings is 1. The first-order valence-electron chi connectivity index (χ1n) is 7.22. The zero-order valence-corrected chi connectivity index (χ0v) is 12.2. The Morgan fingerprint density at radius 1 is 1.14 bits per heavy atom. The fourth-order valence-electron chi connectivity index (χ4n) is 3.52. The third-order valence-electron chi connectivity index (χ3n) is 4.47. The Hall–Kier alpha value is -1.43. The molecule has 2 unspecified atom stereocenters. The molecule has 22 heavy (non-hydrogen) atoms. The van der Waals surface area contributed by atoms with E-state index >= 15 is 0 Å².